The number of carbonyl (C=O) groups excluding carboxylic acids is 1. The summed E-state index contributed by atoms with van der Waals surface area (Å²) in [7, 11) is -3.52. The van der Waals surface area contributed by atoms with E-state index in [4.69, 9.17) is 0 Å². The molecule has 152 valence electrons. The zero-order valence-corrected chi connectivity index (χ0v) is 17.7. The van der Waals surface area contributed by atoms with Gasteiger partial charge in [-0.15, -0.1) is 0 Å². The van der Waals surface area contributed by atoms with Crippen LogP contribution in [0.3, 0.4) is 0 Å². The number of thioether (sulfide) groups is 1. The molecule has 0 spiro atoms. The minimum Gasteiger partial charge on any atom is -0.356 e. The highest BCUT2D eigenvalue weighted by Gasteiger charge is 2.28. The van der Waals surface area contributed by atoms with Crippen LogP contribution in [-0.2, 0) is 10.0 Å². The first-order valence-electron chi connectivity index (χ1n) is 9.63. The summed E-state index contributed by atoms with van der Waals surface area (Å²) in [4.78, 5) is 17.7. The van der Waals surface area contributed by atoms with Gasteiger partial charge in [0.1, 0.15) is 10.6 Å². The molecule has 2 aliphatic rings. The predicted octanol–water partition coefficient (Wildman–Crippen LogP) is 1.46. The Morgan fingerprint density at radius 1 is 1.26 bits per heavy atom. The average molecular weight is 415 g/mol. The molecule has 27 heavy (non-hydrogen) atoms. The van der Waals surface area contributed by atoms with Crippen LogP contribution in [0.2, 0.25) is 0 Å². The summed E-state index contributed by atoms with van der Waals surface area (Å²) in [6.07, 6.45) is 2.68. The van der Waals surface area contributed by atoms with Crippen molar-refractivity contribution >= 4 is 27.7 Å². The van der Waals surface area contributed by atoms with Gasteiger partial charge in [-0.05, 0) is 24.3 Å². The first kappa shape index (κ1) is 20.7. The second-order valence-corrected chi connectivity index (χ2v) is 10.9. The molecule has 0 saturated carbocycles. The Hall–Kier alpha value is -1.03. The Balaban J connectivity index is 1.52. The van der Waals surface area contributed by atoms with Crippen molar-refractivity contribution < 1.29 is 13.2 Å². The highest BCUT2D eigenvalue weighted by atomic mass is 32.2. The summed E-state index contributed by atoms with van der Waals surface area (Å²) in [5, 5.41) is 2.90. The molecule has 2 aliphatic heterocycles. The molecule has 0 radical (unpaired) electrons. The van der Waals surface area contributed by atoms with Crippen LogP contribution in [-0.4, -0.2) is 79.3 Å². The zero-order chi connectivity index (χ0) is 19.4. The number of aromatic nitrogens is 1. The van der Waals surface area contributed by atoms with Crippen LogP contribution in [0.15, 0.2) is 17.2 Å². The summed E-state index contributed by atoms with van der Waals surface area (Å²) < 4.78 is 26.8. The van der Waals surface area contributed by atoms with Crippen molar-refractivity contribution in [1.82, 2.24) is 19.5 Å². The van der Waals surface area contributed by atoms with E-state index >= 15 is 0 Å². The van der Waals surface area contributed by atoms with Gasteiger partial charge >= 0.3 is 0 Å². The van der Waals surface area contributed by atoms with E-state index in [1.165, 1.54) is 23.0 Å². The SMILES string of the molecule is CC1CC(C)CN(CCNC(=O)c2cc(S(=O)(=O)N3CCSCC3)c[nH]2)C1. The van der Waals surface area contributed by atoms with Crippen molar-refractivity contribution in [3.05, 3.63) is 18.0 Å². The standard InChI is InChI=1S/C18H30N4O3S2/c1-14-9-15(2)13-21(12-14)4-3-19-18(23)17-10-16(11-20-17)27(24,25)22-5-7-26-8-6-22/h10-11,14-15,20H,3-9,12-13H2,1-2H3,(H,19,23). The molecule has 2 saturated heterocycles. The molecule has 0 bridgehead atoms. The molecule has 2 N–H and O–H groups in total. The fourth-order valence-corrected chi connectivity index (χ4v) is 6.56. The first-order valence-corrected chi connectivity index (χ1v) is 12.2. The average Bonchev–Trinajstić information content (AvgIpc) is 3.13. The van der Waals surface area contributed by atoms with E-state index in [2.05, 4.69) is 29.0 Å². The molecule has 1 aromatic rings. The molecule has 0 aliphatic carbocycles. The van der Waals surface area contributed by atoms with Gasteiger partial charge in [-0.3, -0.25) is 4.79 Å². The maximum atomic E-state index is 12.7. The zero-order valence-electron chi connectivity index (χ0n) is 16.1. The van der Waals surface area contributed by atoms with E-state index in [-0.39, 0.29) is 10.8 Å². The van der Waals surface area contributed by atoms with E-state index in [0.717, 1.165) is 31.1 Å². The summed E-state index contributed by atoms with van der Waals surface area (Å²) in [5.74, 6) is 2.74. The topological polar surface area (TPSA) is 85.5 Å². The number of H-pyrrole nitrogens is 1. The number of hydrogen-bond donors (Lipinski definition) is 2. The molecule has 1 aromatic heterocycles. The van der Waals surface area contributed by atoms with Gasteiger partial charge in [0.25, 0.3) is 5.91 Å². The number of piperidine rings is 1. The van der Waals surface area contributed by atoms with Crippen molar-refractivity contribution in [2.75, 3.05) is 50.8 Å². The number of aromatic amines is 1. The monoisotopic (exact) mass is 414 g/mol. The maximum Gasteiger partial charge on any atom is 0.267 e. The van der Waals surface area contributed by atoms with Crippen molar-refractivity contribution in [3.8, 4) is 0 Å². The Bertz CT molecular complexity index is 734. The first-order chi connectivity index (χ1) is 12.9. The number of hydrogen-bond acceptors (Lipinski definition) is 5. The van der Waals surface area contributed by atoms with Crippen molar-refractivity contribution in [2.24, 2.45) is 11.8 Å². The Morgan fingerprint density at radius 3 is 2.59 bits per heavy atom. The minimum absolute atomic E-state index is 0.165. The predicted molar refractivity (Wildman–Crippen MR) is 109 cm³/mol. The lowest BCUT2D eigenvalue weighted by Gasteiger charge is -2.34. The summed E-state index contributed by atoms with van der Waals surface area (Å²) in [6, 6.07) is 1.44. The van der Waals surface area contributed by atoms with Gasteiger partial charge in [0.2, 0.25) is 10.0 Å². The van der Waals surface area contributed by atoms with Gasteiger partial charge in [-0.25, -0.2) is 8.42 Å². The van der Waals surface area contributed by atoms with E-state index in [0.29, 0.717) is 37.2 Å². The van der Waals surface area contributed by atoms with Crippen LogP contribution in [0, 0.1) is 11.8 Å². The second kappa shape index (κ2) is 8.98. The van der Waals surface area contributed by atoms with Crippen molar-refractivity contribution in [1.29, 1.82) is 0 Å². The number of carbonyl (C=O) groups is 1. The second-order valence-electron chi connectivity index (χ2n) is 7.73. The van der Waals surface area contributed by atoms with Crippen molar-refractivity contribution in [3.63, 3.8) is 0 Å². The third kappa shape index (κ3) is 5.28. The van der Waals surface area contributed by atoms with E-state index in [9.17, 15) is 13.2 Å². The van der Waals surface area contributed by atoms with E-state index in [1.54, 1.807) is 11.8 Å². The highest BCUT2D eigenvalue weighted by Crippen LogP contribution is 2.21. The largest absolute Gasteiger partial charge is 0.356 e. The van der Waals surface area contributed by atoms with Gasteiger partial charge in [-0.1, -0.05) is 13.8 Å². The maximum absolute atomic E-state index is 12.7. The van der Waals surface area contributed by atoms with Crippen LogP contribution < -0.4 is 5.32 Å². The van der Waals surface area contributed by atoms with Crippen LogP contribution in [0.1, 0.15) is 30.8 Å². The summed E-state index contributed by atoms with van der Waals surface area (Å²) in [6.45, 7) is 9.09. The molecule has 9 heteroatoms. The molecule has 3 heterocycles. The molecule has 2 atom stereocenters. The third-order valence-corrected chi connectivity index (χ3v) is 7.99. The minimum atomic E-state index is -3.52. The Labute approximate surface area is 166 Å². The van der Waals surface area contributed by atoms with Gasteiger partial charge in [0.05, 0.1) is 0 Å². The lowest BCUT2D eigenvalue weighted by Crippen LogP contribution is -2.42. The molecule has 1 amide bonds. The Morgan fingerprint density at radius 2 is 1.93 bits per heavy atom. The number of nitrogens with one attached hydrogen (secondary N) is 2. The molecular formula is C18H30N4O3S2. The molecular weight excluding hydrogens is 384 g/mol. The fourth-order valence-electron chi connectivity index (χ4n) is 3.99. The van der Waals surface area contributed by atoms with E-state index in [1.807, 2.05) is 0 Å². The van der Waals surface area contributed by atoms with Gasteiger partial charge in [0, 0.05) is 57.0 Å². The summed E-state index contributed by atoms with van der Waals surface area (Å²) in [5.41, 5.74) is 0.292. The molecule has 2 fully saturated rings. The Kier molecular flexibility index (Phi) is 6.88. The number of rotatable bonds is 6. The number of amides is 1. The van der Waals surface area contributed by atoms with Gasteiger partial charge in [0.15, 0.2) is 0 Å². The van der Waals surface area contributed by atoms with E-state index < -0.39 is 10.0 Å². The number of sulfonamides is 1. The molecule has 3 rings (SSSR count). The van der Waals surface area contributed by atoms with Gasteiger partial charge < -0.3 is 15.2 Å². The number of nitrogens with zero attached hydrogens (tertiary/aromatic N) is 2. The fraction of sp³-hybridized carbons (Fsp3) is 0.722. The highest BCUT2D eigenvalue weighted by molar-refractivity contribution is 7.99. The van der Waals surface area contributed by atoms with Crippen LogP contribution in [0.25, 0.3) is 0 Å². The van der Waals surface area contributed by atoms with Crippen LogP contribution in [0.5, 0.6) is 0 Å². The molecule has 0 aromatic carbocycles. The molecule has 7 nitrogen and oxygen atoms in total. The van der Waals surface area contributed by atoms with Crippen molar-refractivity contribution in [2.45, 2.75) is 25.2 Å². The third-order valence-electron chi connectivity index (χ3n) is 5.17. The smallest absolute Gasteiger partial charge is 0.267 e. The lowest BCUT2D eigenvalue weighted by molar-refractivity contribution is 0.0932. The molecule has 2 unspecified atom stereocenters. The number of likely N-dealkylation sites (tertiary alicyclic amines) is 1. The quantitative estimate of drug-likeness (QED) is 0.736. The van der Waals surface area contributed by atoms with Gasteiger partial charge in [-0.2, -0.15) is 16.1 Å². The normalized spacial score (nSPS) is 25.4. The summed E-state index contributed by atoms with van der Waals surface area (Å²) >= 11 is 1.76. The lowest BCUT2D eigenvalue weighted by atomic mass is 9.92. The van der Waals surface area contributed by atoms with Crippen LogP contribution in [0.4, 0.5) is 0 Å². The van der Waals surface area contributed by atoms with Crippen LogP contribution >= 0.6 is 11.8 Å².